The van der Waals surface area contributed by atoms with Gasteiger partial charge in [0.05, 0.1) is 6.10 Å². The van der Waals surface area contributed by atoms with E-state index in [4.69, 9.17) is 10.8 Å². The Morgan fingerprint density at radius 3 is 2.36 bits per heavy atom. The van der Waals surface area contributed by atoms with E-state index < -0.39 is 12.2 Å². The average molecular weight is 204 g/mol. The fraction of sp³-hybridized carbons (Fsp3) is 0.889. The molecule has 0 saturated heterocycles. The van der Waals surface area contributed by atoms with Crippen LogP contribution in [-0.4, -0.2) is 35.0 Å². The number of nitrogens with two attached hydrogens (primary N) is 1. The molecule has 0 fully saturated rings. The lowest BCUT2D eigenvalue weighted by molar-refractivity contribution is 0.145. The van der Waals surface area contributed by atoms with E-state index >= 15 is 0 Å². The fourth-order valence-corrected chi connectivity index (χ4v) is 1.38. The predicted octanol–water partition coefficient (Wildman–Crippen LogP) is 0.378. The largest absolute Gasteiger partial charge is 0.465 e. The molecule has 0 bridgehead atoms. The Kier molecular flexibility index (Phi) is 6.23. The summed E-state index contributed by atoms with van der Waals surface area (Å²) in [4.78, 5) is 10.4. The Labute approximate surface area is 84.3 Å². The van der Waals surface area contributed by atoms with E-state index in [1.165, 1.54) is 0 Å². The lowest BCUT2D eigenvalue weighted by Crippen LogP contribution is -2.39. The molecule has 0 aliphatic carbocycles. The molecule has 1 amide bonds. The maximum Gasteiger partial charge on any atom is 0.404 e. The zero-order valence-corrected chi connectivity index (χ0v) is 8.73. The van der Waals surface area contributed by atoms with E-state index in [2.05, 4.69) is 5.32 Å². The summed E-state index contributed by atoms with van der Waals surface area (Å²) in [6, 6.07) is -0.217. The van der Waals surface area contributed by atoms with Crippen LogP contribution in [0.1, 0.15) is 26.7 Å². The van der Waals surface area contributed by atoms with Gasteiger partial charge in [0.2, 0.25) is 0 Å². The van der Waals surface area contributed by atoms with Crippen LogP contribution < -0.4 is 11.1 Å². The van der Waals surface area contributed by atoms with Crippen LogP contribution in [0.15, 0.2) is 0 Å². The lowest BCUT2D eigenvalue weighted by atomic mass is 9.99. The zero-order valence-electron chi connectivity index (χ0n) is 8.73. The first-order valence-corrected chi connectivity index (χ1v) is 4.83. The molecule has 0 aromatic carbocycles. The second-order valence-electron chi connectivity index (χ2n) is 3.90. The summed E-state index contributed by atoms with van der Waals surface area (Å²) in [6.07, 6.45) is -0.602. The third kappa shape index (κ3) is 6.68. The summed E-state index contributed by atoms with van der Waals surface area (Å²) in [5.41, 5.74) is 5.26. The summed E-state index contributed by atoms with van der Waals surface area (Å²) in [7, 11) is 0. The third-order valence-electron chi connectivity index (χ3n) is 1.91. The monoisotopic (exact) mass is 204 g/mol. The van der Waals surface area contributed by atoms with E-state index in [0.717, 1.165) is 0 Å². The molecule has 14 heavy (non-hydrogen) atoms. The van der Waals surface area contributed by atoms with Crippen molar-refractivity contribution in [2.45, 2.75) is 38.8 Å². The van der Waals surface area contributed by atoms with Gasteiger partial charge in [0.1, 0.15) is 0 Å². The van der Waals surface area contributed by atoms with Gasteiger partial charge in [0, 0.05) is 12.6 Å². The SMILES string of the molecule is CC(C)CC(C[C@H](O)CN)NC(=O)O. The summed E-state index contributed by atoms with van der Waals surface area (Å²) in [6.45, 7) is 4.17. The van der Waals surface area contributed by atoms with Gasteiger partial charge in [0.15, 0.2) is 0 Å². The predicted molar refractivity (Wildman–Crippen MR) is 54.1 cm³/mol. The number of carbonyl (C=O) groups is 1. The molecule has 0 rings (SSSR count). The first-order chi connectivity index (χ1) is 6.45. The van der Waals surface area contributed by atoms with Gasteiger partial charge in [-0.15, -0.1) is 0 Å². The minimum absolute atomic E-state index is 0.163. The van der Waals surface area contributed by atoms with Gasteiger partial charge in [0.25, 0.3) is 0 Å². The van der Waals surface area contributed by atoms with Crippen LogP contribution in [0.3, 0.4) is 0 Å². The van der Waals surface area contributed by atoms with Gasteiger partial charge in [-0.05, 0) is 18.8 Å². The van der Waals surface area contributed by atoms with Crippen molar-refractivity contribution in [2.24, 2.45) is 11.7 Å². The quantitative estimate of drug-likeness (QED) is 0.503. The van der Waals surface area contributed by atoms with E-state index in [-0.39, 0.29) is 12.6 Å². The third-order valence-corrected chi connectivity index (χ3v) is 1.91. The Morgan fingerprint density at radius 1 is 1.43 bits per heavy atom. The second-order valence-corrected chi connectivity index (χ2v) is 3.90. The maximum atomic E-state index is 10.4. The van der Waals surface area contributed by atoms with Crippen LogP contribution >= 0.6 is 0 Å². The zero-order chi connectivity index (χ0) is 11.1. The van der Waals surface area contributed by atoms with Crippen molar-refractivity contribution in [3.8, 4) is 0 Å². The van der Waals surface area contributed by atoms with E-state index in [1.54, 1.807) is 0 Å². The molecule has 0 spiro atoms. The molecule has 0 aliphatic rings. The van der Waals surface area contributed by atoms with Crippen molar-refractivity contribution < 1.29 is 15.0 Å². The normalized spacial score (nSPS) is 15.2. The number of nitrogens with one attached hydrogen (secondary N) is 1. The minimum Gasteiger partial charge on any atom is -0.465 e. The highest BCUT2D eigenvalue weighted by atomic mass is 16.4. The summed E-state index contributed by atoms with van der Waals surface area (Å²) < 4.78 is 0. The van der Waals surface area contributed by atoms with E-state index in [0.29, 0.717) is 18.8 Å². The highest BCUT2D eigenvalue weighted by Crippen LogP contribution is 2.09. The van der Waals surface area contributed by atoms with Crippen LogP contribution in [0.2, 0.25) is 0 Å². The first-order valence-electron chi connectivity index (χ1n) is 4.83. The van der Waals surface area contributed by atoms with E-state index in [1.807, 2.05) is 13.8 Å². The molecule has 1 unspecified atom stereocenters. The van der Waals surface area contributed by atoms with Crippen molar-refractivity contribution >= 4 is 6.09 Å². The molecule has 0 aromatic rings. The molecular weight excluding hydrogens is 184 g/mol. The number of rotatable bonds is 6. The average Bonchev–Trinajstić information content (AvgIpc) is 2.01. The van der Waals surface area contributed by atoms with Gasteiger partial charge in [-0.1, -0.05) is 13.8 Å². The molecule has 0 heterocycles. The Balaban J connectivity index is 4.03. The molecule has 5 nitrogen and oxygen atoms in total. The Hall–Kier alpha value is -0.810. The van der Waals surface area contributed by atoms with Crippen molar-refractivity contribution in [1.82, 2.24) is 5.32 Å². The van der Waals surface area contributed by atoms with Crippen LogP contribution in [0.25, 0.3) is 0 Å². The van der Waals surface area contributed by atoms with Crippen LogP contribution in [0.5, 0.6) is 0 Å². The Morgan fingerprint density at radius 2 is 2.00 bits per heavy atom. The topological polar surface area (TPSA) is 95.6 Å². The van der Waals surface area contributed by atoms with Crippen molar-refractivity contribution in [1.29, 1.82) is 0 Å². The molecule has 5 heteroatoms. The minimum atomic E-state index is -1.06. The summed E-state index contributed by atoms with van der Waals surface area (Å²) >= 11 is 0. The van der Waals surface area contributed by atoms with Gasteiger partial charge in [-0.25, -0.2) is 4.79 Å². The van der Waals surface area contributed by atoms with Crippen molar-refractivity contribution in [2.75, 3.05) is 6.54 Å². The van der Waals surface area contributed by atoms with Gasteiger partial charge in [-0.2, -0.15) is 0 Å². The van der Waals surface area contributed by atoms with Crippen LogP contribution in [0, 0.1) is 5.92 Å². The molecular formula is C9H20N2O3. The highest BCUT2D eigenvalue weighted by Gasteiger charge is 2.16. The van der Waals surface area contributed by atoms with Crippen LogP contribution in [0.4, 0.5) is 4.79 Å². The number of carboxylic acid groups (broad SMARTS) is 1. The summed E-state index contributed by atoms with van der Waals surface area (Å²) in [5.74, 6) is 0.386. The molecule has 84 valence electrons. The molecule has 0 radical (unpaired) electrons. The molecule has 5 N–H and O–H groups in total. The molecule has 0 aromatic heterocycles. The van der Waals surface area contributed by atoms with Crippen LogP contribution in [-0.2, 0) is 0 Å². The molecule has 2 atom stereocenters. The number of aliphatic hydroxyl groups excluding tert-OH is 1. The smallest absolute Gasteiger partial charge is 0.404 e. The standard InChI is InChI=1S/C9H20N2O3/c1-6(2)3-7(11-9(13)14)4-8(12)5-10/h6-8,11-12H,3-5,10H2,1-2H3,(H,13,14)/t7?,8-/m0/s1. The maximum absolute atomic E-state index is 10.4. The number of hydrogen-bond donors (Lipinski definition) is 4. The fourth-order valence-electron chi connectivity index (χ4n) is 1.38. The first kappa shape index (κ1) is 13.2. The number of amides is 1. The van der Waals surface area contributed by atoms with E-state index in [9.17, 15) is 9.90 Å². The van der Waals surface area contributed by atoms with Crippen molar-refractivity contribution in [3.05, 3.63) is 0 Å². The summed E-state index contributed by atoms with van der Waals surface area (Å²) in [5, 5.41) is 20.2. The Bertz CT molecular complexity index is 173. The molecule has 0 saturated carbocycles. The number of hydrogen-bond acceptors (Lipinski definition) is 3. The van der Waals surface area contributed by atoms with Gasteiger partial charge < -0.3 is 21.3 Å². The second kappa shape index (κ2) is 6.62. The van der Waals surface area contributed by atoms with Crippen molar-refractivity contribution in [3.63, 3.8) is 0 Å². The van der Waals surface area contributed by atoms with Gasteiger partial charge >= 0.3 is 6.09 Å². The lowest BCUT2D eigenvalue weighted by Gasteiger charge is -2.21. The highest BCUT2D eigenvalue weighted by molar-refractivity contribution is 5.64. The number of aliphatic hydroxyl groups is 1. The van der Waals surface area contributed by atoms with Gasteiger partial charge in [-0.3, -0.25) is 0 Å². The molecule has 0 aliphatic heterocycles.